The van der Waals surface area contributed by atoms with Crippen LogP contribution in [0.5, 0.6) is 5.75 Å². The fourth-order valence-corrected chi connectivity index (χ4v) is 0.862. The number of hydrogen-bond donors (Lipinski definition) is 0. The third kappa shape index (κ3) is 1.12. The summed E-state index contributed by atoms with van der Waals surface area (Å²) in [7, 11) is 1.66. The lowest BCUT2D eigenvalue weighted by Crippen LogP contribution is -1.93. The molecule has 56 valence electrons. The van der Waals surface area contributed by atoms with Crippen molar-refractivity contribution < 1.29 is 4.74 Å². The number of aryl methyl sites for hydroxylation is 2. The molecule has 1 aromatic rings. The molecule has 10 heavy (non-hydrogen) atoms. The first-order chi connectivity index (χ1) is 4.77. The predicted molar refractivity (Wildman–Crippen MR) is 39.2 cm³/mol. The van der Waals surface area contributed by atoms with Crippen molar-refractivity contribution >= 4 is 0 Å². The fraction of sp³-hybridized carbons (Fsp3) is 0.571. The molecule has 1 aromatic heterocycles. The number of rotatable bonds is 2. The van der Waals surface area contributed by atoms with Gasteiger partial charge in [0.15, 0.2) is 5.75 Å². The SMILES string of the molecule is CCn1cc(OC)c(C)n1. The van der Waals surface area contributed by atoms with Gasteiger partial charge >= 0.3 is 0 Å². The highest BCUT2D eigenvalue weighted by atomic mass is 16.5. The van der Waals surface area contributed by atoms with Gasteiger partial charge in [0.1, 0.15) is 5.69 Å². The van der Waals surface area contributed by atoms with Crippen LogP contribution >= 0.6 is 0 Å². The molecule has 0 saturated heterocycles. The van der Waals surface area contributed by atoms with Gasteiger partial charge in [-0.2, -0.15) is 5.10 Å². The van der Waals surface area contributed by atoms with Crippen molar-refractivity contribution in [2.45, 2.75) is 20.4 Å². The van der Waals surface area contributed by atoms with E-state index in [2.05, 4.69) is 5.10 Å². The van der Waals surface area contributed by atoms with Crippen molar-refractivity contribution in [1.29, 1.82) is 0 Å². The first-order valence-electron chi connectivity index (χ1n) is 3.36. The van der Waals surface area contributed by atoms with E-state index in [1.165, 1.54) is 0 Å². The lowest BCUT2D eigenvalue weighted by molar-refractivity contribution is 0.411. The molecular formula is C7H12N2O. The molecule has 0 unspecified atom stereocenters. The highest BCUT2D eigenvalue weighted by Crippen LogP contribution is 2.13. The van der Waals surface area contributed by atoms with Crippen molar-refractivity contribution in [3.05, 3.63) is 11.9 Å². The Morgan fingerprint density at radius 3 is 2.70 bits per heavy atom. The Kier molecular flexibility index (Phi) is 1.94. The van der Waals surface area contributed by atoms with Gasteiger partial charge in [0.25, 0.3) is 0 Å². The summed E-state index contributed by atoms with van der Waals surface area (Å²) in [6.07, 6.45) is 1.90. The molecule has 0 bridgehead atoms. The minimum Gasteiger partial charge on any atom is -0.493 e. The molecule has 0 aliphatic rings. The molecule has 0 amide bonds. The molecule has 0 N–H and O–H groups in total. The summed E-state index contributed by atoms with van der Waals surface area (Å²) >= 11 is 0. The van der Waals surface area contributed by atoms with Crippen LogP contribution in [-0.2, 0) is 6.54 Å². The topological polar surface area (TPSA) is 27.1 Å². The minimum absolute atomic E-state index is 0.863. The van der Waals surface area contributed by atoms with E-state index in [1.807, 2.05) is 24.7 Å². The van der Waals surface area contributed by atoms with Crippen LogP contribution in [0.2, 0.25) is 0 Å². The molecular weight excluding hydrogens is 128 g/mol. The Morgan fingerprint density at radius 1 is 1.70 bits per heavy atom. The second-order valence-corrected chi connectivity index (χ2v) is 2.14. The van der Waals surface area contributed by atoms with Crippen LogP contribution in [0.15, 0.2) is 6.20 Å². The van der Waals surface area contributed by atoms with Crippen LogP contribution in [0.3, 0.4) is 0 Å². The molecule has 3 nitrogen and oxygen atoms in total. The normalized spacial score (nSPS) is 9.90. The van der Waals surface area contributed by atoms with Gasteiger partial charge in [0.2, 0.25) is 0 Å². The van der Waals surface area contributed by atoms with E-state index < -0.39 is 0 Å². The maximum atomic E-state index is 5.04. The minimum atomic E-state index is 0.863. The van der Waals surface area contributed by atoms with Gasteiger partial charge in [0.05, 0.1) is 13.3 Å². The highest BCUT2D eigenvalue weighted by Gasteiger charge is 2.01. The van der Waals surface area contributed by atoms with E-state index in [4.69, 9.17) is 4.74 Å². The Labute approximate surface area is 60.6 Å². The Balaban J connectivity index is 2.92. The third-order valence-corrected chi connectivity index (χ3v) is 1.45. The van der Waals surface area contributed by atoms with Gasteiger partial charge in [-0.3, -0.25) is 4.68 Å². The Hall–Kier alpha value is -0.990. The van der Waals surface area contributed by atoms with Gasteiger partial charge in [-0.25, -0.2) is 0 Å². The summed E-state index contributed by atoms with van der Waals surface area (Å²) in [5, 5.41) is 4.19. The summed E-state index contributed by atoms with van der Waals surface area (Å²) in [6, 6.07) is 0. The largest absolute Gasteiger partial charge is 0.493 e. The average Bonchev–Trinajstić information content (AvgIpc) is 2.30. The summed E-state index contributed by atoms with van der Waals surface area (Å²) in [4.78, 5) is 0. The number of aromatic nitrogens is 2. The maximum Gasteiger partial charge on any atom is 0.159 e. The number of hydrogen-bond acceptors (Lipinski definition) is 2. The number of nitrogens with zero attached hydrogens (tertiary/aromatic N) is 2. The second-order valence-electron chi connectivity index (χ2n) is 2.14. The molecule has 3 heteroatoms. The molecule has 0 radical (unpaired) electrons. The Bertz CT molecular complexity index is 217. The van der Waals surface area contributed by atoms with Crippen LogP contribution in [-0.4, -0.2) is 16.9 Å². The maximum absolute atomic E-state index is 5.04. The first-order valence-corrected chi connectivity index (χ1v) is 3.36. The molecule has 1 rings (SSSR count). The standard InChI is InChI=1S/C7H12N2O/c1-4-9-5-7(10-3)6(2)8-9/h5H,4H2,1-3H3. The van der Waals surface area contributed by atoms with E-state index >= 15 is 0 Å². The van der Waals surface area contributed by atoms with Crippen molar-refractivity contribution in [1.82, 2.24) is 9.78 Å². The van der Waals surface area contributed by atoms with Crippen molar-refractivity contribution in [2.75, 3.05) is 7.11 Å². The first kappa shape index (κ1) is 7.12. The number of methoxy groups -OCH3 is 1. The van der Waals surface area contributed by atoms with E-state index in [0.29, 0.717) is 0 Å². The molecule has 0 aliphatic heterocycles. The molecule has 0 aromatic carbocycles. The van der Waals surface area contributed by atoms with Crippen molar-refractivity contribution in [3.8, 4) is 5.75 Å². The van der Waals surface area contributed by atoms with Gasteiger partial charge in [-0.15, -0.1) is 0 Å². The van der Waals surface area contributed by atoms with Crippen LogP contribution in [0.25, 0.3) is 0 Å². The molecule has 0 saturated carbocycles. The zero-order valence-electron chi connectivity index (χ0n) is 6.59. The summed E-state index contributed by atoms with van der Waals surface area (Å²) in [5.41, 5.74) is 0.948. The van der Waals surface area contributed by atoms with E-state index in [9.17, 15) is 0 Å². The van der Waals surface area contributed by atoms with Crippen LogP contribution in [0.1, 0.15) is 12.6 Å². The second kappa shape index (κ2) is 2.73. The van der Waals surface area contributed by atoms with E-state index in [-0.39, 0.29) is 0 Å². The van der Waals surface area contributed by atoms with Gasteiger partial charge in [-0.1, -0.05) is 0 Å². The van der Waals surface area contributed by atoms with E-state index in [0.717, 1.165) is 18.0 Å². The van der Waals surface area contributed by atoms with Crippen molar-refractivity contribution in [2.24, 2.45) is 0 Å². The summed E-state index contributed by atoms with van der Waals surface area (Å²) in [5.74, 6) is 0.863. The third-order valence-electron chi connectivity index (χ3n) is 1.45. The zero-order chi connectivity index (χ0) is 7.56. The van der Waals surface area contributed by atoms with E-state index in [1.54, 1.807) is 7.11 Å². The summed E-state index contributed by atoms with van der Waals surface area (Å²) < 4.78 is 6.90. The molecule has 1 heterocycles. The number of ether oxygens (including phenoxy) is 1. The highest BCUT2D eigenvalue weighted by molar-refractivity contribution is 5.22. The zero-order valence-corrected chi connectivity index (χ0v) is 6.59. The lowest BCUT2D eigenvalue weighted by atomic mass is 10.4. The fourth-order valence-electron chi connectivity index (χ4n) is 0.862. The van der Waals surface area contributed by atoms with Crippen molar-refractivity contribution in [3.63, 3.8) is 0 Å². The average molecular weight is 140 g/mol. The summed E-state index contributed by atoms with van der Waals surface area (Å²) in [6.45, 7) is 4.88. The smallest absolute Gasteiger partial charge is 0.159 e. The molecule has 0 atom stereocenters. The monoisotopic (exact) mass is 140 g/mol. The van der Waals surface area contributed by atoms with Gasteiger partial charge < -0.3 is 4.74 Å². The van der Waals surface area contributed by atoms with Crippen LogP contribution in [0.4, 0.5) is 0 Å². The van der Waals surface area contributed by atoms with Gasteiger partial charge in [0, 0.05) is 6.54 Å². The predicted octanol–water partition coefficient (Wildman–Crippen LogP) is 1.22. The quantitative estimate of drug-likeness (QED) is 0.617. The van der Waals surface area contributed by atoms with Gasteiger partial charge in [-0.05, 0) is 13.8 Å². The Morgan fingerprint density at radius 2 is 2.40 bits per heavy atom. The molecule has 0 aliphatic carbocycles. The molecule has 0 spiro atoms. The van der Waals surface area contributed by atoms with Crippen LogP contribution < -0.4 is 4.74 Å². The van der Waals surface area contributed by atoms with Crippen LogP contribution in [0, 0.1) is 6.92 Å². The molecule has 0 fully saturated rings. The lowest BCUT2D eigenvalue weighted by Gasteiger charge is -1.91.